The highest BCUT2D eigenvalue weighted by atomic mass is 16.5. The van der Waals surface area contributed by atoms with Crippen LogP contribution in [-0.4, -0.2) is 46.7 Å². The van der Waals surface area contributed by atoms with Gasteiger partial charge in [-0.15, -0.1) is 0 Å². The highest BCUT2D eigenvalue weighted by Gasteiger charge is 2.08. The maximum atomic E-state index is 12.1. The van der Waals surface area contributed by atoms with Gasteiger partial charge >= 0.3 is 5.69 Å². The summed E-state index contributed by atoms with van der Waals surface area (Å²) in [7, 11) is 0. The number of ether oxygens (including phenoxy) is 1. The first kappa shape index (κ1) is 20.2. The lowest BCUT2D eigenvalue weighted by molar-refractivity contribution is -0.120. The number of unbranched alkanes of at least 4 members (excludes halogenated alkanes) is 1. The van der Waals surface area contributed by atoms with E-state index in [0.29, 0.717) is 37.4 Å². The number of nitrogens with zero attached hydrogens (tertiary/aromatic N) is 1. The predicted molar refractivity (Wildman–Crippen MR) is 99.7 cm³/mol. The lowest BCUT2D eigenvalue weighted by Gasteiger charge is -2.08. The van der Waals surface area contributed by atoms with E-state index in [2.05, 4.69) is 32.7 Å². The summed E-state index contributed by atoms with van der Waals surface area (Å²) < 4.78 is 5.55. The van der Waals surface area contributed by atoms with Gasteiger partial charge in [0.2, 0.25) is 5.91 Å². The number of aromatic nitrogens is 3. The van der Waals surface area contributed by atoms with Gasteiger partial charge in [0.1, 0.15) is 11.6 Å². The quantitative estimate of drug-likeness (QED) is 0.431. The van der Waals surface area contributed by atoms with Gasteiger partial charge in [0.25, 0.3) is 5.91 Å². The minimum atomic E-state index is -0.350. The highest BCUT2D eigenvalue weighted by Crippen LogP contribution is 2.12. The number of nitrogens with one attached hydrogen (secondary N) is 4. The molecule has 2 amide bonds. The second kappa shape index (κ2) is 10.8. The van der Waals surface area contributed by atoms with Gasteiger partial charge in [-0.05, 0) is 37.1 Å². The average Bonchev–Trinajstić information content (AvgIpc) is 3.09. The molecule has 9 heteroatoms. The number of H-pyrrole nitrogens is 2. The Morgan fingerprint density at radius 3 is 2.59 bits per heavy atom. The van der Waals surface area contributed by atoms with Gasteiger partial charge in [0.15, 0.2) is 0 Å². The Labute approximate surface area is 156 Å². The van der Waals surface area contributed by atoms with Gasteiger partial charge in [-0.2, -0.15) is 5.10 Å². The standard InChI is InChI=1S/C18H25N5O4/c1-2-3-11-27-14-8-6-13(7-9-14)17(25)20-12-16(24)19-10-4-5-15-21-18(26)23-22-15/h6-9H,2-5,10-12H2,1H3,(H,19,24)(H,20,25)(H2,21,22,23,26). The first-order valence-corrected chi connectivity index (χ1v) is 9.00. The van der Waals surface area contributed by atoms with Crippen molar-refractivity contribution in [2.75, 3.05) is 19.7 Å². The number of hydrogen-bond donors (Lipinski definition) is 4. The van der Waals surface area contributed by atoms with Crippen LogP contribution in [0.2, 0.25) is 0 Å². The monoisotopic (exact) mass is 375 g/mol. The number of carbonyl (C=O) groups is 2. The third-order valence-corrected chi connectivity index (χ3v) is 3.76. The van der Waals surface area contributed by atoms with Crippen LogP contribution >= 0.6 is 0 Å². The molecular formula is C18H25N5O4. The lowest BCUT2D eigenvalue weighted by Crippen LogP contribution is -2.37. The fourth-order valence-corrected chi connectivity index (χ4v) is 2.27. The largest absolute Gasteiger partial charge is 0.494 e. The van der Waals surface area contributed by atoms with Crippen LogP contribution < -0.4 is 21.1 Å². The van der Waals surface area contributed by atoms with Crippen molar-refractivity contribution in [3.05, 3.63) is 46.1 Å². The van der Waals surface area contributed by atoms with Crippen molar-refractivity contribution in [2.24, 2.45) is 0 Å². The van der Waals surface area contributed by atoms with Crippen LogP contribution in [-0.2, 0) is 11.2 Å². The van der Waals surface area contributed by atoms with Crippen LogP contribution in [0.5, 0.6) is 5.75 Å². The summed E-state index contributed by atoms with van der Waals surface area (Å²) in [5.74, 6) is 0.665. The van der Waals surface area contributed by atoms with Crippen molar-refractivity contribution in [3.8, 4) is 5.75 Å². The minimum absolute atomic E-state index is 0.104. The molecule has 0 aliphatic heterocycles. The van der Waals surface area contributed by atoms with E-state index in [1.54, 1.807) is 24.3 Å². The van der Waals surface area contributed by atoms with Crippen LogP contribution in [0.25, 0.3) is 0 Å². The number of carbonyl (C=O) groups excluding carboxylic acids is 2. The number of rotatable bonds is 11. The number of amides is 2. The molecule has 27 heavy (non-hydrogen) atoms. The number of aromatic amines is 2. The molecule has 1 aromatic heterocycles. The minimum Gasteiger partial charge on any atom is -0.494 e. The molecule has 0 unspecified atom stereocenters. The van der Waals surface area contributed by atoms with E-state index < -0.39 is 0 Å². The zero-order valence-electron chi connectivity index (χ0n) is 15.3. The first-order chi connectivity index (χ1) is 13.1. The summed E-state index contributed by atoms with van der Waals surface area (Å²) in [5, 5.41) is 11.3. The summed E-state index contributed by atoms with van der Waals surface area (Å²) in [4.78, 5) is 37.3. The molecule has 2 rings (SSSR count). The molecular weight excluding hydrogens is 350 g/mol. The zero-order valence-corrected chi connectivity index (χ0v) is 15.3. The molecule has 0 saturated heterocycles. The predicted octanol–water partition coefficient (Wildman–Crippen LogP) is 0.756. The summed E-state index contributed by atoms with van der Waals surface area (Å²) in [6.45, 7) is 3.06. The van der Waals surface area contributed by atoms with Gasteiger partial charge < -0.3 is 15.4 Å². The normalized spacial score (nSPS) is 10.4. The van der Waals surface area contributed by atoms with Crippen molar-refractivity contribution in [1.82, 2.24) is 25.8 Å². The van der Waals surface area contributed by atoms with E-state index >= 15 is 0 Å². The maximum Gasteiger partial charge on any atom is 0.340 e. The fourth-order valence-electron chi connectivity index (χ4n) is 2.27. The average molecular weight is 375 g/mol. The maximum absolute atomic E-state index is 12.1. The molecule has 0 atom stereocenters. The summed E-state index contributed by atoms with van der Waals surface area (Å²) in [6, 6.07) is 6.81. The van der Waals surface area contributed by atoms with Gasteiger partial charge in [-0.1, -0.05) is 13.3 Å². The first-order valence-electron chi connectivity index (χ1n) is 9.00. The van der Waals surface area contributed by atoms with Gasteiger partial charge in [-0.3, -0.25) is 14.6 Å². The molecule has 1 heterocycles. The molecule has 1 aromatic carbocycles. The lowest BCUT2D eigenvalue weighted by atomic mass is 10.2. The Morgan fingerprint density at radius 2 is 1.93 bits per heavy atom. The van der Waals surface area contributed by atoms with Crippen molar-refractivity contribution in [3.63, 3.8) is 0 Å². The molecule has 146 valence electrons. The molecule has 2 aromatic rings. The van der Waals surface area contributed by atoms with Gasteiger partial charge in [0, 0.05) is 18.5 Å². The van der Waals surface area contributed by atoms with E-state index in [1.165, 1.54) is 0 Å². The Morgan fingerprint density at radius 1 is 1.15 bits per heavy atom. The smallest absolute Gasteiger partial charge is 0.340 e. The van der Waals surface area contributed by atoms with E-state index in [-0.39, 0.29) is 24.0 Å². The van der Waals surface area contributed by atoms with E-state index in [1.807, 2.05) is 0 Å². The molecule has 0 spiro atoms. The Hall–Kier alpha value is -3.10. The Balaban J connectivity index is 1.63. The van der Waals surface area contributed by atoms with E-state index in [4.69, 9.17) is 4.74 Å². The topological polar surface area (TPSA) is 129 Å². The van der Waals surface area contributed by atoms with Crippen LogP contribution in [0.1, 0.15) is 42.4 Å². The van der Waals surface area contributed by atoms with Crippen LogP contribution in [0.3, 0.4) is 0 Å². The molecule has 0 saturated carbocycles. The number of hydrogen-bond acceptors (Lipinski definition) is 5. The van der Waals surface area contributed by atoms with Crippen LogP contribution in [0.4, 0.5) is 0 Å². The SMILES string of the molecule is CCCCOc1ccc(C(=O)NCC(=O)NCCCc2n[nH]c(=O)[nH]2)cc1. The second-order valence-electron chi connectivity index (χ2n) is 5.99. The molecule has 4 N–H and O–H groups in total. The molecule has 0 aliphatic carbocycles. The third-order valence-electron chi connectivity index (χ3n) is 3.76. The molecule has 0 fully saturated rings. The van der Waals surface area contributed by atoms with Crippen LogP contribution in [0.15, 0.2) is 29.1 Å². The van der Waals surface area contributed by atoms with E-state index in [0.717, 1.165) is 18.6 Å². The molecule has 0 aliphatic rings. The van der Waals surface area contributed by atoms with Crippen molar-refractivity contribution in [1.29, 1.82) is 0 Å². The fraction of sp³-hybridized carbons (Fsp3) is 0.444. The second-order valence-corrected chi connectivity index (χ2v) is 5.99. The van der Waals surface area contributed by atoms with Crippen molar-refractivity contribution in [2.45, 2.75) is 32.6 Å². The zero-order chi connectivity index (χ0) is 19.5. The molecule has 9 nitrogen and oxygen atoms in total. The van der Waals surface area contributed by atoms with Crippen molar-refractivity contribution < 1.29 is 14.3 Å². The Bertz CT molecular complexity index is 782. The summed E-state index contributed by atoms with van der Waals surface area (Å²) in [6.07, 6.45) is 3.21. The third kappa shape index (κ3) is 7.35. The number of aryl methyl sites for hydroxylation is 1. The Kier molecular flexibility index (Phi) is 8.08. The van der Waals surface area contributed by atoms with Gasteiger partial charge in [0.05, 0.1) is 13.2 Å². The summed E-state index contributed by atoms with van der Waals surface area (Å²) >= 11 is 0. The van der Waals surface area contributed by atoms with Crippen LogP contribution in [0, 0.1) is 0 Å². The van der Waals surface area contributed by atoms with Crippen molar-refractivity contribution >= 4 is 11.8 Å². The number of benzene rings is 1. The highest BCUT2D eigenvalue weighted by molar-refractivity contribution is 5.96. The van der Waals surface area contributed by atoms with Gasteiger partial charge in [-0.25, -0.2) is 9.89 Å². The molecule has 0 bridgehead atoms. The molecule has 0 radical (unpaired) electrons. The van der Waals surface area contributed by atoms with E-state index in [9.17, 15) is 14.4 Å². The summed E-state index contributed by atoms with van der Waals surface area (Å²) in [5.41, 5.74) is 0.116.